The number of fused-ring (bicyclic) bond motifs is 1. The van der Waals surface area contributed by atoms with Crippen molar-refractivity contribution in [2.75, 3.05) is 19.6 Å². The normalized spacial score (nSPS) is 14.8. The van der Waals surface area contributed by atoms with E-state index in [2.05, 4.69) is 4.98 Å². The Labute approximate surface area is 164 Å². The van der Waals surface area contributed by atoms with Crippen LogP contribution >= 0.6 is 22.9 Å². The van der Waals surface area contributed by atoms with Crippen LogP contribution < -0.4 is 0 Å². The van der Waals surface area contributed by atoms with Gasteiger partial charge in [-0.3, -0.25) is 9.59 Å². The molecule has 2 heterocycles. The summed E-state index contributed by atoms with van der Waals surface area (Å²) < 4.78 is 16.3. The number of nitrogens with zero attached hydrogens (tertiary/aromatic N) is 3. The fourth-order valence-corrected chi connectivity index (χ4v) is 4.18. The highest BCUT2D eigenvalue weighted by Gasteiger charge is 2.25. The smallest absolute Gasteiger partial charge is 0.242 e. The molecule has 3 aromatic rings. The molecule has 0 aliphatic carbocycles. The minimum atomic E-state index is -0.402. The van der Waals surface area contributed by atoms with Crippen LogP contribution in [0.3, 0.4) is 0 Å². The van der Waals surface area contributed by atoms with Gasteiger partial charge in [0.2, 0.25) is 12.3 Å². The predicted molar refractivity (Wildman–Crippen MR) is 103 cm³/mol. The number of piperazine rings is 1. The molecule has 1 aliphatic heterocycles. The third-order valence-electron chi connectivity index (χ3n) is 4.61. The topological polar surface area (TPSA) is 53.5 Å². The van der Waals surface area contributed by atoms with Gasteiger partial charge in [-0.15, -0.1) is 11.3 Å². The average Bonchev–Trinajstić information content (AvgIpc) is 3.11. The number of hydrogen-bond acceptors (Lipinski definition) is 4. The molecule has 5 nitrogen and oxygen atoms in total. The molecule has 0 spiro atoms. The molecule has 0 unspecified atom stereocenters. The van der Waals surface area contributed by atoms with E-state index in [1.165, 1.54) is 16.2 Å². The van der Waals surface area contributed by atoms with Crippen LogP contribution in [0.15, 0.2) is 35.8 Å². The fourth-order valence-electron chi connectivity index (χ4n) is 3.24. The molecule has 0 bridgehead atoms. The summed E-state index contributed by atoms with van der Waals surface area (Å²) in [4.78, 5) is 30.4. The van der Waals surface area contributed by atoms with Crippen molar-refractivity contribution in [3.05, 3.63) is 52.2 Å². The van der Waals surface area contributed by atoms with Crippen molar-refractivity contribution in [3.63, 3.8) is 0 Å². The lowest BCUT2D eigenvalue weighted by Crippen LogP contribution is -2.49. The van der Waals surface area contributed by atoms with Crippen molar-refractivity contribution in [1.82, 2.24) is 14.8 Å². The van der Waals surface area contributed by atoms with Crippen molar-refractivity contribution in [2.45, 2.75) is 6.54 Å². The van der Waals surface area contributed by atoms with E-state index in [0.717, 1.165) is 4.70 Å². The molecule has 1 saturated heterocycles. The maximum absolute atomic E-state index is 15.4. The van der Waals surface area contributed by atoms with Crippen LogP contribution in [0, 0.1) is 5.82 Å². The molecule has 1 aliphatic rings. The molecule has 27 heavy (non-hydrogen) atoms. The first-order valence-electron chi connectivity index (χ1n) is 8.34. The molecule has 2 amide bonds. The van der Waals surface area contributed by atoms with Crippen LogP contribution in [0.4, 0.5) is 4.39 Å². The second kappa shape index (κ2) is 7.25. The molecular formula is C19H15ClFN3O2S. The Morgan fingerprint density at radius 3 is 2.89 bits per heavy atom. The summed E-state index contributed by atoms with van der Waals surface area (Å²) in [5.74, 6) is -0.595. The van der Waals surface area contributed by atoms with Crippen molar-refractivity contribution >= 4 is 45.5 Å². The van der Waals surface area contributed by atoms with Crippen LogP contribution in [0.25, 0.3) is 21.3 Å². The Balaban J connectivity index is 1.75. The summed E-state index contributed by atoms with van der Waals surface area (Å²) in [7, 11) is 0. The number of aromatic nitrogens is 1. The summed E-state index contributed by atoms with van der Waals surface area (Å²) in [5.41, 5.74) is 3.73. The number of carbonyl (C=O) groups excluding carboxylic acids is 2. The molecular weight excluding hydrogens is 389 g/mol. The van der Waals surface area contributed by atoms with Crippen molar-refractivity contribution in [2.24, 2.45) is 0 Å². The van der Waals surface area contributed by atoms with Gasteiger partial charge in [0, 0.05) is 35.8 Å². The minimum Gasteiger partial charge on any atom is -0.335 e. The molecule has 8 heteroatoms. The summed E-state index contributed by atoms with van der Waals surface area (Å²) in [6.07, 6.45) is 0.663. The molecule has 4 rings (SSSR count). The second-order valence-corrected chi connectivity index (χ2v) is 7.65. The van der Waals surface area contributed by atoms with E-state index in [1.54, 1.807) is 40.7 Å². The first kappa shape index (κ1) is 17.9. The Kier molecular flexibility index (Phi) is 4.80. The van der Waals surface area contributed by atoms with Crippen LogP contribution in [0.2, 0.25) is 5.02 Å². The lowest BCUT2D eigenvalue weighted by atomic mass is 10.00. The molecule has 0 saturated carbocycles. The zero-order chi connectivity index (χ0) is 19.0. The van der Waals surface area contributed by atoms with E-state index in [9.17, 15) is 9.59 Å². The van der Waals surface area contributed by atoms with Crippen LogP contribution in [0.5, 0.6) is 0 Å². The van der Waals surface area contributed by atoms with Gasteiger partial charge in [-0.05, 0) is 23.8 Å². The third kappa shape index (κ3) is 3.40. The van der Waals surface area contributed by atoms with Crippen LogP contribution in [-0.4, -0.2) is 46.7 Å². The summed E-state index contributed by atoms with van der Waals surface area (Å²) in [5, 5.41) is 0.515. The van der Waals surface area contributed by atoms with E-state index in [0.29, 0.717) is 46.7 Å². The number of benzene rings is 2. The van der Waals surface area contributed by atoms with E-state index in [-0.39, 0.29) is 19.0 Å². The molecule has 0 N–H and O–H groups in total. The minimum absolute atomic E-state index is 0.0229. The highest BCUT2D eigenvalue weighted by atomic mass is 35.5. The van der Waals surface area contributed by atoms with Gasteiger partial charge >= 0.3 is 0 Å². The Morgan fingerprint density at radius 1 is 1.30 bits per heavy atom. The lowest BCUT2D eigenvalue weighted by molar-refractivity contribution is -0.140. The van der Waals surface area contributed by atoms with Gasteiger partial charge in [0.25, 0.3) is 0 Å². The molecule has 2 aromatic carbocycles. The number of thiazole rings is 1. The molecule has 0 radical (unpaired) electrons. The first-order valence-corrected chi connectivity index (χ1v) is 9.60. The standard InChI is InChI=1S/C19H15ClFN3O2S/c20-14-3-1-2-12(6-14)17-18(21)13(7-15-19(17)22-10-27-15)8-24-5-4-23(11-25)9-16(24)26/h1-3,6-7,10-11H,4-5,8-9H2. The Morgan fingerprint density at radius 2 is 2.15 bits per heavy atom. The highest BCUT2D eigenvalue weighted by molar-refractivity contribution is 7.16. The van der Waals surface area contributed by atoms with Crippen molar-refractivity contribution in [3.8, 4) is 11.1 Å². The lowest BCUT2D eigenvalue weighted by Gasteiger charge is -2.32. The third-order valence-corrected chi connectivity index (χ3v) is 5.62. The Bertz CT molecular complexity index is 1040. The zero-order valence-electron chi connectivity index (χ0n) is 14.2. The average molecular weight is 404 g/mol. The van der Waals surface area contributed by atoms with E-state index >= 15 is 4.39 Å². The summed E-state index contributed by atoms with van der Waals surface area (Å²) >= 11 is 7.51. The zero-order valence-corrected chi connectivity index (χ0v) is 15.8. The number of rotatable bonds is 4. The van der Waals surface area contributed by atoms with Gasteiger partial charge in [0.15, 0.2) is 0 Å². The molecule has 138 valence electrons. The van der Waals surface area contributed by atoms with Gasteiger partial charge in [-0.25, -0.2) is 9.37 Å². The quantitative estimate of drug-likeness (QED) is 0.626. The number of amides is 2. The van der Waals surface area contributed by atoms with Gasteiger partial charge in [0.1, 0.15) is 5.82 Å². The first-order chi connectivity index (χ1) is 13.1. The SMILES string of the molecule is O=CN1CCN(Cc2cc3scnc3c(-c3cccc(Cl)c3)c2F)C(=O)C1. The van der Waals surface area contributed by atoms with E-state index in [4.69, 9.17) is 11.6 Å². The van der Waals surface area contributed by atoms with E-state index in [1.807, 2.05) is 0 Å². The van der Waals surface area contributed by atoms with Crippen molar-refractivity contribution < 1.29 is 14.0 Å². The highest BCUT2D eigenvalue weighted by Crippen LogP contribution is 2.36. The van der Waals surface area contributed by atoms with E-state index < -0.39 is 5.82 Å². The maximum atomic E-state index is 15.4. The summed E-state index contributed by atoms with van der Waals surface area (Å²) in [6.45, 7) is 0.999. The van der Waals surface area contributed by atoms with Crippen LogP contribution in [0.1, 0.15) is 5.56 Å². The van der Waals surface area contributed by atoms with Crippen LogP contribution in [-0.2, 0) is 16.1 Å². The van der Waals surface area contributed by atoms with Gasteiger partial charge in [-0.2, -0.15) is 0 Å². The number of hydrogen-bond donors (Lipinski definition) is 0. The summed E-state index contributed by atoms with van der Waals surface area (Å²) in [6, 6.07) is 8.74. The predicted octanol–water partition coefficient (Wildman–Crippen LogP) is 3.56. The molecule has 0 atom stereocenters. The second-order valence-electron chi connectivity index (χ2n) is 6.33. The van der Waals surface area contributed by atoms with Crippen molar-refractivity contribution in [1.29, 1.82) is 0 Å². The maximum Gasteiger partial charge on any atom is 0.242 e. The molecule has 1 aromatic heterocycles. The van der Waals surface area contributed by atoms with Gasteiger partial charge in [0.05, 0.1) is 22.3 Å². The van der Waals surface area contributed by atoms with Gasteiger partial charge < -0.3 is 9.80 Å². The fraction of sp³-hybridized carbons (Fsp3) is 0.211. The molecule has 1 fully saturated rings. The number of carbonyl (C=O) groups is 2. The Hall–Kier alpha value is -2.51. The number of halogens is 2. The van der Waals surface area contributed by atoms with Gasteiger partial charge in [-0.1, -0.05) is 23.7 Å². The monoisotopic (exact) mass is 403 g/mol. The largest absolute Gasteiger partial charge is 0.335 e.